The number of allylic oxidation sites excluding steroid dienone is 1. The second-order valence-electron chi connectivity index (χ2n) is 7.02. The first-order valence-electron chi connectivity index (χ1n) is 8.60. The van der Waals surface area contributed by atoms with E-state index in [0.717, 1.165) is 24.1 Å². The van der Waals surface area contributed by atoms with Gasteiger partial charge in [0, 0.05) is 23.6 Å². The van der Waals surface area contributed by atoms with Crippen molar-refractivity contribution in [3.05, 3.63) is 42.5 Å². The van der Waals surface area contributed by atoms with Crippen molar-refractivity contribution in [2.24, 2.45) is 5.41 Å². The van der Waals surface area contributed by atoms with Crippen LogP contribution in [0.3, 0.4) is 0 Å². The summed E-state index contributed by atoms with van der Waals surface area (Å²) in [5.41, 5.74) is 1.09. The van der Waals surface area contributed by atoms with Crippen molar-refractivity contribution in [3.8, 4) is 0 Å². The molecule has 0 unspecified atom stereocenters. The maximum Gasteiger partial charge on any atom is 0.319 e. The van der Waals surface area contributed by atoms with E-state index in [1.54, 1.807) is 0 Å². The molecule has 3 rings (SSSR count). The Morgan fingerprint density at radius 1 is 1.29 bits per heavy atom. The van der Waals surface area contributed by atoms with Gasteiger partial charge < -0.3 is 10.6 Å². The van der Waals surface area contributed by atoms with Crippen LogP contribution in [0.15, 0.2) is 36.9 Å². The molecule has 0 aromatic heterocycles. The van der Waals surface area contributed by atoms with Crippen molar-refractivity contribution in [1.29, 1.82) is 0 Å². The van der Waals surface area contributed by atoms with Crippen LogP contribution in [-0.4, -0.2) is 18.0 Å². The number of amides is 2. The monoisotopic (exact) mass is 334 g/mol. The largest absolute Gasteiger partial charge is 0.335 e. The quantitative estimate of drug-likeness (QED) is 0.739. The van der Waals surface area contributed by atoms with E-state index in [9.17, 15) is 13.6 Å². The van der Waals surface area contributed by atoms with E-state index < -0.39 is 11.3 Å². The minimum atomic E-state index is -2.48. The molecular formula is C19H24F2N2O. The van der Waals surface area contributed by atoms with Crippen LogP contribution in [0.25, 0.3) is 0 Å². The predicted molar refractivity (Wildman–Crippen MR) is 91.4 cm³/mol. The van der Waals surface area contributed by atoms with Crippen molar-refractivity contribution < 1.29 is 13.6 Å². The van der Waals surface area contributed by atoms with Gasteiger partial charge >= 0.3 is 6.03 Å². The van der Waals surface area contributed by atoms with E-state index in [0.29, 0.717) is 25.7 Å². The molecule has 5 heteroatoms. The van der Waals surface area contributed by atoms with Crippen molar-refractivity contribution in [3.63, 3.8) is 0 Å². The summed E-state index contributed by atoms with van der Waals surface area (Å²) in [6.07, 6.45) is 5.79. The lowest BCUT2D eigenvalue weighted by Crippen LogP contribution is -2.41. The van der Waals surface area contributed by atoms with Gasteiger partial charge in [-0.15, -0.1) is 6.58 Å². The van der Waals surface area contributed by atoms with E-state index in [2.05, 4.69) is 17.2 Å². The molecule has 130 valence electrons. The Morgan fingerprint density at radius 2 is 1.96 bits per heavy atom. The van der Waals surface area contributed by atoms with Crippen molar-refractivity contribution in [2.75, 3.05) is 5.32 Å². The summed E-state index contributed by atoms with van der Waals surface area (Å²) in [5, 5.41) is 5.82. The third kappa shape index (κ3) is 3.45. The Balaban J connectivity index is 1.51. The lowest BCUT2D eigenvalue weighted by Gasteiger charge is -2.29. The smallest absolute Gasteiger partial charge is 0.319 e. The summed E-state index contributed by atoms with van der Waals surface area (Å²) < 4.78 is 26.8. The Labute approximate surface area is 141 Å². The number of anilines is 1. The maximum absolute atomic E-state index is 13.4. The maximum atomic E-state index is 13.4. The van der Waals surface area contributed by atoms with Gasteiger partial charge in [-0.3, -0.25) is 0 Å². The van der Waals surface area contributed by atoms with Gasteiger partial charge in [0.05, 0.1) is 0 Å². The number of hydrogen-bond donors (Lipinski definition) is 2. The molecule has 0 aliphatic heterocycles. The summed E-state index contributed by atoms with van der Waals surface area (Å²) in [7, 11) is 0. The number of para-hydroxylation sites is 1. The molecular weight excluding hydrogens is 310 g/mol. The van der Waals surface area contributed by atoms with Crippen LogP contribution >= 0.6 is 0 Å². The molecule has 2 aliphatic carbocycles. The standard InChI is InChI=1S/C19H24F2N2O/c1-2-3-6-14-7-4-5-8-16(14)23-17(24)22-15-9-11-18(12-10-15)13-19(18,20)21/h2,4-5,7-8,15H,1,3,6,9-13H2,(H2,22,23,24). The van der Waals surface area contributed by atoms with Crippen LogP contribution in [0.5, 0.6) is 0 Å². The molecule has 1 aromatic rings. The molecule has 0 saturated heterocycles. The van der Waals surface area contributed by atoms with Gasteiger partial charge in [-0.1, -0.05) is 24.3 Å². The molecule has 1 aromatic carbocycles. The Kier molecular flexibility index (Phi) is 4.61. The van der Waals surface area contributed by atoms with Gasteiger partial charge in [0.25, 0.3) is 5.92 Å². The number of urea groups is 1. The molecule has 2 saturated carbocycles. The highest BCUT2D eigenvalue weighted by atomic mass is 19.3. The minimum Gasteiger partial charge on any atom is -0.335 e. The van der Waals surface area contributed by atoms with Gasteiger partial charge in [0.2, 0.25) is 0 Å². The van der Waals surface area contributed by atoms with Crippen LogP contribution < -0.4 is 10.6 Å². The van der Waals surface area contributed by atoms with Crippen molar-refractivity contribution >= 4 is 11.7 Å². The second-order valence-corrected chi connectivity index (χ2v) is 7.02. The molecule has 2 aliphatic rings. The average molecular weight is 334 g/mol. The minimum absolute atomic E-state index is 0.0210. The van der Waals surface area contributed by atoms with Gasteiger partial charge in [-0.2, -0.15) is 0 Å². The zero-order chi connectivity index (χ0) is 17.2. The Bertz CT molecular complexity index is 622. The van der Waals surface area contributed by atoms with Crippen LogP contribution in [-0.2, 0) is 6.42 Å². The van der Waals surface area contributed by atoms with Gasteiger partial charge in [0.15, 0.2) is 0 Å². The van der Waals surface area contributed by atoms with E-state index in [1.807, 2.05) is 30.3 Å². The summed E-state index contributed by atoms with van der Waals surface area (Å²) >= 11 is 0. The third-order valence-electron chi connectivity index (χ3n) is 5.37. The number of nitrogens with one attached hydrogen (secondary N) is 2. The number of alkyl halides is 2. The van der Waals surface area contributed by atoms with E-state index in [4.69, 9.17) is 0 Å². The number of carbonyl (C=O) groups is 1. The molecule has 24 heavy (non-hydrogen) atoms. The fraction of sp³-hybridized carbons (Fsp3) is 0.526. The fourth-order valence-corrected chi connectivity index (χ4v) is 3.70. The average Bonchev–Trinajstić information content (AvgIpc) is 3.09. The highest BCUT2D eigenvalue weighted by Gasteiger charge is 2.70. The summed E-state index contributed by atoms with van der Waals surface area (Å²) in [5.74, 6) is -2.48. The first-order chi connectivity index (χ1) is 11.5. The molecule has 0 heterocycles. The molecule has 3 nitrogen and oxygen atoms in total. The fourth-order valence-electron chi connectivity index (χ4n) is 3.70. The van der Waals surface area contributed by atoms with Crippen LogP contribution in [0.2, 0.25) is 0 Å². The molecule has 1 spiro atoms. The lowest BCUT2D eigenvalue weighted by atomic mass is 9.83. The Hall–Kier alpha value is -1.91. The van der Waals surface area contributed by atoms with Gasteiger partial charge in [-0.25, -0.2) is 13.6 Å². The Morgan fingerprint density at radius 3 is 2.58 bits per heavy atom. The van der Waals surface area contributed by atoms with Crippen LogP contribution in [0.4, 0.5) is 19.3 Å². The summed E-state index contributed by atoms with van der Waals surface area (Å²) in [4.78, 5) is 12.2. The second kappa shape index (κ2) is 6.54. The number of carbonyl (C=O) groups excluding carboxylic acids is 1. The van der Waals surface area contributed by atoms with E-state index in [-0.39, 0.29) is 18.5 Å². The highest BCUT2D eigenvalue weighted by Crippen LogP contribution is 2.67. The zero-order valence-corrected chi connectivity index (χ0v) is 13.8. The molecule has 2 N–H and O–H groups in total. The first kappa shape index (κ1) is 16.9. The van der Waals surface area contributed by atoms with E-state index >= 15 is 0 Å². The summed E-state index contributed by atoms with van der Waals surface area (Å²) in [6, 6.07) is 7.40. The summed E-state index contributed by atoms with van der Waals surface area (Å²) in [6.45, 7) is 3.72. The molecule has 0 atom stereocenters. The van der Waals surface area contributed by atoms with Gasteiger partial charge in [0.1, 0.15) is 0 Å². The number of rotatable bonds is 5. The number of benzene rings is 1. The lowest BCUT2D eigenvalue weighted by molar-refractivity contribution is 0.0446. The molecule has 2 amide bonds. The highest BCUT2D eigenvalue weighted by molar-refractivity contribution is 5.90. The number of hydrogen-bond acceptors (Lipinski definition) is 1. The number of aryl methyl sites for hydroxylation is 1. The van der Waals surface area contributed by atoms with Gasteiger partial charge in [-0.05, 0) is 50.2 Å². The topological polar surface area (TPSA) is 41.1 Å². The third-order valence-corrected chi connectivity index (χ3v) is 5.37. The van der Waals surface area contributed by atoms with Crippen molar-refractivity contribution in [1.82, 2.24) is 5.32 Å². The predicted octanol–water partition coefficient (Wildman–Crippen LogP) is 4.89. The normalized spacial score (nSPS) is 27.5. The zero-order valence-electron chi connectivity index (χ0n) is 13.8. The van der Waals surface area contributed by atoms with E-state index in [1.165, 1.54) is 0 Å². The molecule has 0 radical (unpaired) electrons. The first-order valence-corrected chi connectivity index (χ1v) is 8.60. The molecule has 0 bridgehead atoms. The van der Waals surface area contributed by atoms with Crippen LogP contribution in [0.1, 0.15) is 44.1 Å². The van der Waals surface area contributed by atoms with Crippen LogP contribution in [0, 0.1) is 5.41 Å². The number of halogens is 2. The van der Waals surface area contributed by atoms with Crippen molar-refractivity contribution in [2.45, 2.75) is 56.9 Å². The SMILES string of the molecule is C=CCCc1ccccc1NC(=O)NC1CCC2(CC1)CC2(F)F. The molecule has 2 fully saturated rings.